The van der Waals surface area contributed by atoms with E-state index in [1.54, 1.807) is 0 Å². The van der Waals surface area contributed by atoms with Crippen LogP contribution in [0.1, 0.15) is 5.56 Å². The van der Waals surface area contributed by atoms with Gasteiger partial charge in [-0.2, -0.15) is 0 Å². The topological polar surface area (TPSA) is 29.6 Å². The Bertz CT molecular complexity index is 7420. The molecule has 0 aliphatic rings. The standard InChI is InChI=1S/C54H35N3.C49H33N3/c1-2-15-36(16-3-1)38-31-39(33-42(32-38)57-51-26-11-6-21-45(51)46-22-7-12-27-52(46)57)37-29-30-54-48(34-37)47-23-8-13-28-53(47)56(54)41-18-14-17-40(35-41)55-49-24-9-4-19-43(49)44-20-5-10-25-50(44)55;1-32-27-34(29-37(28-32)52-46-22-9-4-17-40(46)41-18-5-10-23-47(41)52)33-25-26-49-43(30-33)42-19-6-11-24-48(42)51(49)36-14-12-13-35(31-36)50-44-20-7-2-15-38(44)39-16-3-8-21-45(39)50/h1-35H;2-31H,1H3. The monoisotopic (exact) mass is 1390 g/mol. The van der Waals surface area contributed by atoms with Crippen molar-refractivity contribution in [3.05, 3.63) is 400 Å². The molecule has 0 aliphatic carbocycles. The number of benzene rings is 17. The molecule has 17 aromatic carbocycles. The van der Waals surface area contributed by atoms with Crippen LogP contribution in [0.5, 0.6) is 0 Å². The van der Waals surface area contributed by atoms with Crippen molar-refractivity contribution in [2.24, 2.45) is 0 Å². The van der Waals surface area contributed by atoms with Gasteiger partial charge in [0.25, 0.3) is 0 Å². The van der Waals surface area contributed by atoms with E-state index in [1.807, 2.05) is 0 Å². The molecule has 6 nitrogen and oxygen atoms in total. The number of fused-ring (bicyclic) bond motifs is 18. The van der Waals surface area contributed by atoms with Crippen LogP contribution >= 0.6 is 0 Å². The van der Waals surface area contributed by atoms with Gasteiger partial charge in [0, 0.05) is 98.8 Å². The maximum absolute atomic E-state index is 2.43. The maximum Gasteiger partial charge on any atom is 0.0541 e. The second-order valence-electron chi connectivity index (χ2n) is 28.9. The van der Waals surface area contributed by atoms with Gasteiger partial charge in [0.15, 0.2) is 0 Å². The molecule has 0 saturated carbocycles. The lowest BCUT2D eigenvalue weighted by Gasteiger charge is -2.15. The molecule has 109 heavy (non-hydrogen) atoms. The summed E-state index contributed by atoms with van der Waals surface area (Å²) < 4.78 is 14.5. The van der Waals surface area contributed by atoms with Crippen LogP contribution in [-0.2, 0) is 0 Å². The van der Waals surface area contributed by atoms with E-state index in [-0.39, 0.29) is 0 Å². The summed E-state index contributed by atoms with van der Waals surface area (Å²) in [4.78, 5) is 0. The number of rotatable bonds is 9. The average molecular weight is 1390 g/mol. The fourth-order valence-electron chi connectivity index (χ4n) is 18.0. The van der Waals surface area contributed by atoms with Crippen molar-refractivity contribution in [2.75, 3.05) is 0 Å². The molecule has 23 rings (SSSR count). The van der Waals surface area contributed by atoms with E-state index in [0.29, 0.717) is 0 Å². The average Bonchev–Trinajstić information content (AvgIpc) is 1.63. The Morgan fingerprint density at radius 2 is 0.358 bits per heavy atom. The molecule has 0 atom stereocenters. The second-order valence-corrected chi connectivity index (χ2v) is 28.9. The number of aryl methyl sites for hydroxylation is 1. The fourth-order valence-corrected chi connectivity index (χ4v) is 18.0. The highest BCUT2D eigenvalue weighted by Gasteiger charge is 2.22. The molecule has 0 bridgehead atoms. The molecule has 0 unspecified atom stereocenters. The van der Waals surface area contributed by atoms with Gasteiger partial charge in [-0.1, -0.05) is 243 Å². The van der Waals surface area contributed by atoms with Gasteiger partial charge in [0.1, 0.15) is 0 Å². The Morgan fingerprint density at radius 1 is 0.128 bits per heavy atom. The molecule has 0 saturated heterocycles. The second kappa shape index (κ2) is 24.9. The lowest BCUT2D eigenvalue weighted by Crippen LogP contribution is -1.98. The maximum atomic E-state index is 2.43. The first-order chi connectivity index (χ1) is 54.0. The fraction of sp³-hybridized carbons (Fsp3) is 0.00971. The summed E-state index contributed by atoms with van der Waals surface area (Å²) in [5.74, 6) is 0. The summed E-state index contributed by atoms with van der Waals surface area (Å²) >= 11 is 0. The van der Waals surface area contributed by atoms with Crippen molar-refractivity contribution in [3.63, 3.8) is 0 Å². The minimum Gasteiger partial charge on any atom is -0.309 e. The normalized spacial score (nSPS) is 11.9. The smallest absolute Gasteiger partial charge is 0.0541 e. The molecule has 23 aromatic rings. The van der Waals surface area contributed by atoms with Gasteiger partial charge in [-0.25, -0.2) is 0 Å². The van der Waals surface area contributed by atoms with Crippen LogP contribution in [0.2, 0.25) is 0 Å². The number of nitrogens with zero attached hydrogens (tertiary/aromatic N) is 6. The van der Waals surface area contributed by atoms with E-state index in [0.717, 1.165) is 28.4 Å². The highest BCUT2D eigenvalue weighted by molar-refractivity contribution is 6.15. The molecule has 6 aromatic heterocycles. The zero-order valence-corrected chi connectivity index (χ0v) is 59.7. The van der Waals surface area contributed by atoms with Crippen molar-refractivity contribution in [2.45, 2.75) is 6.92 Å². The third-order valence-corrected chi connectivity index (χ3v) is 22.6. The van der Waals surface area contributed by atoms with E-state index in [1.165, 1.54) is 175 Å². The zero-order chi connectivity index (χ0) is 71.8. The minimum absolute atomic E-state index is 1.13. The summed E-state index contributed by atoms with van der Waals surface area (Å²) in [6, 6.07) is 144. The van der Waals surface area contributed by atoms with Crippen LogP contribution in [0.4, 0.5) is 0 Å². The molecule has 0 N–H and O–H groups in total. The van der Waals surface area contributed by atoms with Crippen molar-refractivity contribution >= 4 is 131 Å². The van der Waals surface area contributed by atoms with Crippen LogP contribution < -0.4 is 0 Å². The number of hydrogen-bond acceptors (Lipinski definition) is 0. The molecule has 510 valence electrons. The molecular formula is C103H68N6. The Morgan fingerprint density at radius 3 is 0.661 bits per heavy atom. The molecule has 0 radical (unpaired) electrons. The van der Waals surface area contributed by atoms with E-state index in [9.17, 15) is 0 Å². The summed E-state index contributed by atoms with van der Waals surface area (Å²) in [6.45, 7) is 2.20. The molecule has 0 spiro atoms. The first-order valence-electron chi connectivity index (χ1n) is 37.5. The molecule has 0 aliphatic heterocycles. The molecular weight excluding hydrogens is 1320 g/mol. The highest BCUT2D eigenvalue weighted by Crippen LogP contribution is 2.44. The summed E-state index contributed by atoms with van der Waals surface area (Å²) in [5.41, 5.74) is 29.8. The van der Waals surface area contributed by atoms with E-state index >= 15 is 0 Å². The predicted octanol–water partition coefficient (Wildman–Crippen LogP) is 27.3. The van der Waals surface area contributed by atoms with Gasteiger partial charge >= 0.3 is 0 Å². The lowest BCUT2D eigenvalue weighted by atomic mass is 9.96. The van der Waals surface area contributed by atoms with Crippen molar-refractivity contribution in [1.29, 1.82) is 0 Å². The van der Waals surface area contributed by atoms with Crippen molar-refractivity contribution < 1.29 is 0 Å². The van der Waals surface area contributed by atoms with Crippen molar-refractivity contribution in [1.82, 2.24) is 27.4 Å². The number of aromatic nitrogens is 6. The number of para-hydroxylation sites is 10. The SMILES string of the molecule is Cc1cc(-c2ccc3c(c2)c2ccccc2n3-c2cccc(-n3c4ccccc4c4ccccc43)c2)cc(-n2c3ccccc3c3ccccc32)c1.c1ccc(-c2cc(-c3ccc4c(c3)c3ccccc3n4-c3cccc(-n4c5ccccc5c5ccccc54)c3)cc(-n3c4ccccc4c4ccccc43)c2)cc1. The Balaban J connectivity index is 0.000000135. The largest absolute Gasteiger partial charge is 0.309 e. The highest BCUT2D eigenvalue weighted by atomic mass is 15.0. The van der Waals surface area contributed by atoms with Crippen LogP contribution in [-0.4, -0.2) is 27.4 Å². The quantitative estimate of drug-likeness (QED) is 0.138. The summed E-state index contributed by atoms with van der Waals surface area (Å²) in [6.07, 6.45) is 0. The number of hydrogen-bond donors (Lipinski definition) is 0. The lowest BCUT2D eigenvalue weighted by molar-refractivity contribution is 1.13. The Hall–Kier alpha value is -14.5. The third kappa shape index (κ3) is 9.89. The van der Waals surface area contributed by atoms with Gasteiger partial charge in [0.2, 0.25) is 0 Å². The van der Waals surface area contributed by atoms with Crippen molar-refractivity contribution in [3.8, 4) is 67.5 Å². The molecule has 6 heterocycles. The van der Waals surface area contributed by atoms with Gasteiger partial charge in [-0.3, -0.25) is 0 Å². The van der Waals surface area contributed by atoms with Crippen LogP contribution in [0.15, 0.2) is 394 Å². The van der Waals surface area contributed by atoms with Gasteiger partial charge in [-0.05, 0) is 198 Å². The van der Waals surface area contributed by atoms with E-state index in [4.69, 9.17) is 0 Å². The molecule has 0 fully saturated rings. The molecule has 0 amide bonds. The van der Waals surface area contributed by atoms with Gasteiger partial charge in [0.05, 0.1) is 66.2 Å². The third-order valence-electron chi connectivity index (χ3n) is 22.6. The Labute approximate surface area is 628 Å². The van der Waals surface area contributed by atoms with Crippen LogP contribution in [0.3, 0.4) is 0 Å². The van der Waals surface area contributed by atoms with Crippen LogP contribution in [0, 0.1) is 6.92 Å². The minimum atomic E-state index is 1.13. The van der Waals surface area contributed by atoms with E-state index < -0.39 is 0 Å². The van der Waals surface area contributed by atoms with E-state index in [2.05, 4.69) is 429 Å². The predicted molar refractivity (Wildman–Crippen MR) is 460 cm³/mol. The summed E-state index contributed by atoms with van der Waals surface area (Å²) in [7, 11) is 0. The summed E-state index contributed by atoms with van der Waals surface area (Å²) in [5, 5.41) is 15.1. The Kier molecular flexibility index (Phi) is 14.1. The first-order valence-corrected chi connectivity index (χ1v) is 37.5. The van der Waals surface area contributed by atoms with Gasteiger partial charge < -0.3 is 27.4 Å². The zero-order valence-electron chi connectivity index (χ0n) is 59.7. The van der Waals surface area contributed by atoms with Crippen LogP contribution in [0.25, 0.3) is 198 Å². The molecule has 6 heteroatoms. The van der Waals surface area contributed by atoms with Gasteiger partial charge in [-0.15, -0.1) is 0 Å². The first kappa shape index (κ1) is 62.0.